The maximum Gasteiger partial charge on any atom is 0.114 e. The van der Waals surface area contributed by atoms with E-state index in [4.69, 9.17) is 7.85 Å². The first kappa shape index (κ1) is 17.4. The Kier molecular flexibility index (Phi) is 6.00. The van der Waals surface area contributed by atoms with E-state index in [1.165, 1.54) is 5.56 Å². The second-order valence-electron chi connectivity index (χ2n) is 6.74. The summed E-state index contributed by atoms with van der Waals surface area (Å²) in [4.78, 5) is 0. The third kappa shape index (κ3) is 5.05. The van der Waals surface area contributed by atoms with Crippen LogP contribution >= 0.6 is 11.8 Å². The summed E-state index contributed by atoms with van der Waals surface area (Å²) in [7, 11) is 6.06. The fraction of sp³-hybridized carbons (Fsp3) is 0.556. The van der Waals surface area contributed by atoms with E-state index in [0.717, 1.165) is 23.2 Å². The van der Waals surface area contributed by atoms with E-state index in [1.807, 2.05) is 11.8 Å². The van der Waals surface area contributed by atoms with Crippen LogP contribution in [0.25, 0.3) is 0 Å². The molecule has 0 N–H and O–H groups in total. The van der Waals surface area contributed by atoms with Crippen molar-refractivity contribution in [3.05, 3.63) is 41.5 Å². The molecule has 0 aliphatic heterocycles. The molecule has 0 amide bonds. The van der Waals surface area contributed by atoms with Gasteiger partial charge in [-0.25, -0.2) is 0 Å². The first-order valence-electron chi connectivity index (χ1n) is 7.36. The molecule has 0 aliphatic carbocycles. The minimum Gasteiger partial charge on any atom is -0.147 e. The Morgan fingerprint density at radius 1 is 1.20 bits per heavy atom. The average Bonchev–Trinajstić information content (AvgIpc) is 2.36. The Morgan fingerprint density at radius 3 is 2.35 bits per heavy atom. The van der Waals surface area contributed by atoms with Crippen LogP contribution in [0.4, 0.5) is 0 Å². The second-order valence-corrected chi connectivity index (χ2v) is 8.26. The molecule has 1 rings (SSSR count). The van der Waals surface area contributed by atoms with Gasteiger partial charge < -0.3 is 0 Å². The number of thioether (sulfide) groups is 1. The van der Waals surface area contributed by atoms with E-state index < -0.39 is 0 Å². The minimum absolute atomic E-state index is 0.129. The van der Waals surface area contributed by atoms with Crippen LogP contribution < -0.4 is 5.46 Å². The topological polar surface area (TPSA) is 0 Å². The van der Waals surface area contributed by atoms with Crippen molar-refractivity contribution in [3.8, 4) is 0 Å². The standard InChI is InChI=1S/C18H27BS/c1-7-18(6,20-12-8-11-17(3,4)5)15-10-9-14(2)16(19)13-15/h8-11,13H,7,12H2,1-6H3/b11-8+. The smallest absolute Gasteiger partial charge is 0.114 e. The molecule has 0 bridgehead atoms. The molecule has 2 heteroatoms. The first-order chi connectivity index (χ1) is 9.18. The molecule has 0 fully saturated rings. The Bertz CT molecular complexity index is 471. The molecule has 1 unspecified atom stereocenters. The van der Waals surface area contributed by atoms with E-state index in [0.29, 0.717) is 0 Å². The van der Waals surface area contributed by atoms with E-state index in [9.17, 15) is 0 Å². The lowest BCUT2D eigenvalue weighted by atomic mass is 9.86. The van der Waals surface area contributed by atoms with E-state index in [2.05, 4.69) is 71.9 Å². The summed E-state index contributed by atoms with van der Waals surface area (Å²) in [6.07, 6.45) is 5.68. The number of benzene rings is 1. The lowest BCUT2D eigenvalue weighted by molar-refractivity contribution is 0.543. The Labute approximate surface area is 130 Å². The average molecular weight is 286 g/mol. The molecule has 1 atom stereocenters. The summed E-state index contributed by atoms with van der Waals surface area (Å²) >= 11 is 1.99. The van der Waals surface area contributed by atoms with Gasteiger partial charge in [0.1, 0.15) is 7.85 Å². The molecule has 2 radical (unpaired) electrons. The van der Waals surface area contributed by atoms with Crippen LogP contribution in [-0.2, 0) is 4.75 Å². The van der Waals surface area contributed by atoms with Crippen LogP contribution in [0.1, 0.15) is 52.2 Å². The highest BCUT2D eigenvalue weighted by Crippen LogP contribution is 2.39. The van der Waals surface area contributed by atoms with E-state index in [-0.39, 0.29) is 10.2 Å². The maximum atomic E-state index is 6.06. The van der Waals surface area contributed by atoms with Crippen LogP contribution in [0.2, 0.25) is 0 Å². The van der Waals surface area contributed by atoms with Gasteiger partial charge in [-0.15, -0.1) is 11.8 Å². The molecule has 0 saturated carbocycles. The Hall–Kier alpha value is -0.625. The van der Waals surface area contributed by atoms with E-state index in [1.54, 1.807) is 0 Å². The molecular formula is C18H27BS. The molecule has 0 heterocycles. The van der Waals surface area contributed by atoms with Gasteiger partial charge >= 0.3 is 0 Å². The minimum atomic E-state index is 0.129. The van der Waals surface area contributed by atoms with Gasteiger partial charge in [-0.2, -0.15) is 0 Å². The Balaban J connectivity index is 2.81. The fourth-order valence-electron chi connectivity index (χ4n) is 1.99. The van der Waals surface area contributed by atoms with Crippen molar-refractivity contribution in [1.82, 2.24) is 0 Å². The third-order valence-corrected chi connectivity index (χ3v) is 5.20. The lowest BCUT2D eigenvalue weighted by Gasteiger charge is -2.29. The highest BCUT2D eigenvalue weighted by atomic mass is 32.2. The van der Waals surface area contributed by atoms with Gasteiger partial charge in [0.2, 0.25) is 0 Å². The largest absolute Gasteiger partial charge is 0.147 e. The predicted molar refractivity (Wildman–Crippen MR) is 95.3 cm³/mol. The first-order valence-corrected chi connectivity index (χ1v) is 8.35. The van der Waals surface area contributed by atoms with Crippen molar-refractivity contribution >= 4 is 25.1 Å². The maximum absolute atomic E-state index is 6.06. The van der Waals surface area contributed by atoms with Crippen molar-refractivity contribution < 1.29 is 0 Å². The van der Waals surface area contributed by atoms with Gasteiger partial charge in [0.25, 0.3) is 0 Å². The van der Waals surface area contributed by atoms with Gasteiger partial charge in [0.15, 0.2) is 0 Å². The van der Waals surface area contributed by atoms with Crippen molar-refractivity contribution in [2.24, 2.45) is 5.41 Å². The second kappa shape index (κ2) is 6.89. The summed E-state index contributed by atoms with van der Waals surface area (Å²) in [6.45, 7) is 13.3. The molecule has 20 heavy (non-hydrogen) atoms. The van der Waals surface area contributed by atoms with Crippen molar-refractivity contribution in [3.63, 3.8) is 0 Å². The predicted octanol–water partition coefficient (Wildman–Crippen LogP) is 4.75. The zero-order valence-electron chi connectivity index (χ0n) is 13.8. The van der Waals surface area contributed by atoms with Crippen LogP contribution in [0.5, 0.6) is 0 Å². The summed E-state index contributed by atoms with van der Waals surface area (Å²) in [5.41, 5.74) is 3.65. The van der Waals surface area contributed by atoms with Crippen LogP contribution in [0.3, 0.4) is 0 Å². The molecule has 108 valence electrons. The van der Waals surface area contributed by atoms with Gasteiger partial charge in [-0.05, 0) is 31.2 Å². The quantitative estimate of drug-likeness (QED) is 0.556. The number of allylic oxidation sites excluding steroid dienone is 1. The van der Waals surface area contributed by atoms with Crippen molar-refractivity contribution in [2.75, 3.05) is 5.75 Å². The molecule has 1 aromatic carbocycles. The molecule has 0 spiro atoms. The molecule has 1 aromatic rings. The third-order valence-electron chi connectivity index (χ3n) is 3.68. The summed E-state index contributed by atoms with van der Waals surface area (Å²) in [5, 5.41) is 0. The Morgan fingerprint density at radius 2 is 1.85 bits per heavy atom. The van der Waals surface area contributed by atoms with Crippen LogP contribution in [0.15, 0.2) is 30.4 Å². The van der Waals surface area contributed by atoms with Crippen LogP contribution in [-0.4, -0.2) is 13.6 Å². The number of rotatable bonds is 5. The van der Waals surface area contributed by atoms with Gasteiger partial charge in [0.05, 0.1) is 0 Å². The van der Waals surface area contributed by atoms with Gasteiger partial charge in [-0.3, -0.25) is 0 Å². The lowest BCUT2D eigenvalue weighted by Crippen LogP contribution is -2.20. The molecule has 0 nitrogen and oxygen atoms in total. The number of aryl methyl sites for hydroxylation is 1. The highest BCUT2D eigenvalue weighted by molar-refractivity contribution is 8.00. The van der Waals surface area contributed by atoms with Crippen LogP contribution in [0, 0.1) is 12.3 Å². The van der Waals surface area contributed by atoms with Crippen molar-refractivity contribution in [2.45, 2.75) is 52.7 Å². The van der Waals surface area contributed by atoms with Crippen molar-refractivity contribution in [1.29, 1.82) is 0 Å². The van der Waals surface area contributed by atoms with Gasteiger partial charge in [0, 0.05) is 10.5 Å². The zero-order chi connectivity index (χ0) is 15.4. The van der Waals surface area contributed by atoms with Gasteiger partial charge in [-0.1, -0.05) is 69.1 Å². The highest BCUT2D eigenvalue weighted by Gasteiger charge is 2.24. The molecule has 0 aromatic heterocycles. The van der Waals surface area contributed by atoms with E-state index >= 15 is 0 Å². The molecular weight excluding hydrogens is 259 g/mol. The SMILES string of the molecule is [B]c1cc(C(C)(CC)SC/C=C/C(C)(C)C)ccc1C. The zero-order valence-corrected chi connectivity index (χ0v) is 14.6. The molecule has 0 aliphatic rings. The summed E-state index contributed by atoms with van der Waals surface area (Å²) in [6, 6.07) is 6.49. The fourth-order valence-corrected chi connectivity index (χ4v) is 3.05. The summed E-state index contributed by atoms with van der Waals surface area (Å²) < 4.78 is 0.129. The molecule has 0 saturated heterocycles. The monoisotopic (exact) mass is 286 g/mol. The normalized spacial score (nSPS) is 15.5. The number of hydrogen-bond acceptors (Lipinski definition) is 1. The summed E-state index contributed by atoms with van der Waals surface area (Å²) in [5.74, 6) is 1.04. The number of hydrogen-bond donors (Lipinski definition) is 0.